The molecule has 0 aromatic heterocycles. The average Bonchev–Trinajstić information content (AvgIpc) is 2.16. The van der Waals surface area contributed by atoms with Gasteiger partial charge in [-0.2, -0.15) is 0 Å². The van der Waals surface area contributed by atoms with Gasteiger partial charge >= 0.3 is 5.97 Å². The number of rotatable bonds is 3. The van der Waals surface area contributed by atoms with E-state index in [2.05, 4.69) is 6.58 Å². The molecule has 0 spiro atoms. The molecular formula is C10H10O4. The van der Waals surface area contributed by atoms with E-state index in [1.165, 1.54) is 25.3 Å². The van der Waals surface area contributed by atoms with E-state index >= 15 is 0 Å². The van der Waals surface area contributed by atoms with Gasteiger partial charge in [-0.25, -0.2) is 4.79 Å². The summed E-state index contributed by atoms with van der Waals surface area (Å²) < 4.78 is 4.90. The van der Waals surface area contributed by atoms with Crippen molar-refractivity contribution in [3.63, 3.8) is 0 Å². The number of ether oxygens (including phenoxy) is 1. The highest BCUT2D eigenvalue weighted by Crippen LogP contribution is 2.27. The van der Waals surface area contributed by atoms with E-state index in [0.29, 0.717) is 0 Å². The molecule has 74 valence electrons. The second kappa shape index (κ2) is 3.83. The first-order valence-corrected chi connectivity index (χ1v) is 3.86. The monoisotopic (exact) mass is 194 g/mol. The first-order valence-electron chi connectivity index (χ1n) is 3.86. The zero-order valence-electron chi connectivity index (χ0n) is 7.65. The number of carboxylic acid groups (broad SMARTS) is 1. The Morgan fingerprint density at radius 1 is 1.36 bits per heavy atom. The van der Waals surface area contributed by atoms with Crippen LogP contribution >= 0.6 is 0 Å². The maximum absolute atomic E-state index is 10.8. The fourth-order valence-electron chi connectivity index (χ4n) is 1.15. The van der Waals surface area contributed by atoms with E-state index in [0.717, 1.165) is 0 Å². The fourth-order valence-corrected chi connectivity index (χ4v) is 1.15. The molecule has 0 saturated heterocycles. The molecule has 0 heterocycles. The lowest BCUT2D eigenvalue weighted by atomic mass is 10.1. The Bertz CT molecular complexity index is 349. The van der Waals surface area contributed by atoms with Gasteiger partial charge in [0.15, 0.2) is 0 Å². The molecule has 0 bridgehead atoms. The van der Waals surface area contributed by atoms with Gasteiger partial charge in [0.25, 0.3) is 0 Å². The number of para-hydroxylation sites is 1. The highest BCUT2D eigenvalue weighted by molar-refractivity contribution is 5.92. The van der Waals surface area contributed by atoms with E-state index in [4.69, 9.17) is 9.84 Å². The van der Waals surface area contributed by atoms with E-state index in [1.807, 2.05) is 0 Å². The normalized spacial score (nSPS) is 9.50. The van der Waals surface area contributed by atoms with Gasteiger partial charge in [-0.15, -0.1) is 0 Å². The van der Waals surface area contributed by atoms with Crippen LogP contribution in [0.1, 0.15) is 15.9 Å². The quantitative estimate of drug-likeness (QED) is 0.721. The topological polar surface area (TPSA) is 66.8 Å². The van der Waals surface area contributed by atoms with Crippen molar-refractivity contribution in [1.82, 2.24) is 0 Å². The average molecular weight is 194 g/mol. The molecule has 1 aromatic rings. The Morgan fingerprint density at radius 2 is 1.93 bits per heavy atom. The summed E-state index contributed by atoms with van der Waals surface area (Å²) in [6, 6.07) is 4.45. The molecule has 14 heavy (non-hydrogen) atoms. The fraction of sp³-hybridized carbons (Fsp3) is 0.100. The number of benzene rings is 1. The second-order valence-electron chi connectivity index (χ2n) is 2.64. The van der Waals surface area contributed by atoms with Gasteiger partial charge in [0, 0.05) is 0 Å². The van der Waals surface area contributed by atoms with Crippen molar-refractivity contribution in [2.75, 3.05) is 7.11 Å². The third-order valence-corrected chi connectivity index (χ3v) is 1.76. The van der Waals surface area contributed by atoms with Crippen LogP contribution in [0.25, 0.3) is 5.76 Å². The number of carboxylic acids is 1. The van der Waals surface area contributed by atoms with Gasteiger partial charge in [-0.05, 0) is 12.1 Å². The van der Waals surface area contributed by atoms with Gasteiger partial charge in [0.1, 0.15) is 17.1 Å². The maximum Gasteiger partial charge on any atom is 0.339 e. The van der Waals surface area contributed by atoms with Crippen molar-refractivity contribution in [3.05, 3.63) is 35.9 Å². The van der Waals surface area contributed by atoms with Crippen molar-refractivity contribution >= 4 is 11.7 Å². The molecule has 0 unspecified atom stereocenters. The third-order valence-electron chi connectivity index (χ3n) is 1.76. The number of carbonyl (C=O) groups is 1. The van der Waals surface area contributed by atoms with E-state index < -0.39 is 5.97 Å². The summed E-state index contributed by atoms with van der Waals surface area (Å²) in [6.07, 6.45) is 0. The minimum absolute atomic E-state index is 0.000185. The molecule has 0 aliphatic heterocycles. The summed E-state index contributed by atoms with van der Waals surface area (Å²) in [5.74, 6) is -1.21. The number of aliphatic hydroxyl groups excluding tert-OH is 1. The molecule has 1 aromatic carbocycles. The molecule has 2 N–H and O–H groups in total. The molecule has 0 aliphatic carbocycles. The minimum Gasteiger partial charge on any atom is -0.508 e. The summed E-state index contributed by atoms with van der Waals surface area (Å²) >= 11 is 0. The predicted molar refractivity (Wildman–Crippen MR) is 51.6 cm³/mol. The van der Waals surface area contributed by atoms with Gasteiger partial charge in [-0.3, -0.25) is 0 Å². The number of hydrogen-bond acceptors (Lipinski definition) is 3. The molecular weight excluding hydrogens is 184 g/mol. The summed E-state index contributed by atoms with van der Waals surface area (Å²) in [5, 5.41) is 18.0. The van der Waals surface area contributed by atoms with Crippen molar-refractivity contribution in [2.24, 2.45) is 0 Å². The van der Waals surface area contributed by atoms with Gasteiger partial charge < -0.3 is 14.9 Å². The van der Waals surface area contributed by atoms with Gasteiger partial charge in [0.05, 0.1) is 12.7 Å². The van der Waals surface area contributed by atoms with Crippen molar-refractivity contribution in [3.8, 4) is 5.75 Å². The van der Waals surface area contributed by atoms with Crippen molar-refractivity contribution in [1.29, 1.82) is 0 Å². The number of hydrogen-bond donors (Lipinski definition) is 2. The largest absolute Gasteiger partial charge is 0.508 e. The summed E-state index contributed by atoms with van der Waals surface area (Å²) in [6.45, 7) is 3.32. The van der Waals surface area contributed by atoms with E-state index in [1.54, 1.807) is 0 Å². The standard InChI is InChI=1S/C10H10O4/c1-6(11)7-4-3-5-8(10(12)13)9(7)14-2/h3-5,11H,1H2,2H3,(H,12,13). The molecule has 0 saturated carbocycles. The molecule has 1 rings (SSSR count). The van der Waals surface area contributed by atoms with Crippen LogP contribution in [-0.4, -0.2) is 23.3 Å². The summed E-state index contributed by atoms with van der Waals surface area (Å²) in [7, 11) is 1.34. The summed E-state index contributed by atoms with van der Waals surface area (Å²) in [4.78, 5) is 10.8. The highest BCUT2D eigenvalue weighted by atomic mass is 16.5. The lowest BCUT2D eigenvalue weighted by Crippen LogP contribution is -2.02. The van der Waals surface area contributed by atoms with Crippen LogP contribution in [-0.2, 0) is 0 Å². The Kier molecular flexibility index (Phi) is 2.76. The smallest absolute Gasteiger partial charge is 0.339 e. The first-order chi connectivity index (χ1) is 6.57. The van der Waals surface area contributed by atoms with Crippen LogP contribution in [0.4, 0.5) is 0 Å². The van der Waals surface area contributed by atoms with Crippen LogP contribution in [0.2, 0.25) is 0 Å². The maximum atomic E-state index is 10.8. The lowest BCUT2D eigenvalue weighted by molar-refractivity contribution is 0.0693. The zero-order valence-corrected chi connectivity index (χ0v) is 7.65. The van der Waals surface area contributed by atoms with Crippen molar-refractivity contribution in [2.45, 2.75) is 0 Å². The SMILES string of the molecule is C=C(O)c1cccc(C(=O)O)c1OC. The molecule has 4 heteroatoms. The molecule has 0 amide bonds. The van der Waals surface area contributed by atoms with Crippen LogP contribution < -0.4 is 4.74 Å². The highest BCUT2D eigenvalue weighted by Gasteiger charge is 2.15. The van der Waals surface area contributed by atoms with Crippen LogP contribution in [0.15, 0.2) is 24.8 Å². The third kappa shape index (κ3) is 1.69. The molecule has 0 fully saturated rings. The predicted octanol–water partition coefficient (Wildman–Crippen LogP) is 1.92. The second-order valence-corrected chi connectivity index (χ2v) is 2.64. The Hall–Kier alpha value is -1.97. The Balaban J connectivity index is 3.39. The number of aliphatic hydroxyl groups is 1. The summed E-state index contributed by atoms with van der Waals surface area (Å²) in [5.41, 5.74) is 0.285. The zero-order chi connectivity index (χ0) is 10.7. The van der Waals surface area contributed by atoms with Crippen LogP contribution in [0.3, 0.4) is 0 Å². The van der Waals surface area contributed by atoms with Crippen LogP contribution in [0.5, 0.6) is 5.75 Å². The molecule has 0 radical (unpaired) electrons. The minimum atomic E-state index is -1.11. The molecule has 4 nitrogen and oxygen atoms in total. The van der Waals surface area contributed by atoms with Crippen molar-refractivity contribution < 1.29 is 19.7 Å². The number of aromatic carboxylic acids is 1. The van der Waals surface area contributed by atoms with E-state index in [9.17, 15) is 9.90 Å². The van der Waals surface area contributed by atoms with Crippen LogP contribution in [0, 0.1) is 0 Å². The molecule has 0 aliphatic rings. The lowest BCUT2D eigenvalue weighted by Gasteiger charge is -2.09. The van der Waals surface area contributed by atoms with Gasteiger partial charge in [-0.1, -0.05) is 12.6 Å². The van der Waals surface area contributed by atoms with E-state index in [-0.39, 0.29) is 22.6 Å². The number of methoxy groups -OCH3 is 1. The molecule has 0 atom stereocenters. The first kappa shape index (κ1) is 10.1. The van der Waals surface area contributed by atoms with Gasteiger partial charge in [0.2, 0.25) is 0 Å². The Labute approximate surface area is 81.1 Å². The Morgan fingerprint density at radius 3 is 2.36 bits per heavy atom.